The van der Waals surface area contributed by atoms with Crippen molar-refractivity contribution in [3.05, 3.63) is 65.4 Å². The molecule has 1 fully saturated rings. The van der Waals surface area contributed by atoms with Crippen LogP contribution >= 0.6 is 0 Å². The second-order valence-corrected chi connectivity index (χ2v) is 9.45. The number of hydrogen-bond acceptors (Lipinski definition) is 6. The van der Waals surface area contributed by atoms with Crippen LogP contribution in [0.2, 0.25) is 0 Å². The van der Waals surface area contributed by atoms with Gasteiger partial charge >= 0.3 is 0 Å². The summed E-state index contributed by atoms with van der Waals surface area (Å²) in [5.41, 5.74) is 6.36. The van der Waals surface area contributed by atoms with E-state index in [0.717, 1.165) is 76.6 Å². The number of anilines is 1. The molecule has 6 nitrogen and oxygen atoms in total. The van der Waals surface area contributed by atoms with E-state index in [9.17, 15) is 0 Å². The third-order valence-corrected chi connectivity index (χ3v) is 7.24. The van der Waals surface area contributed by atoms with E-state index in [2.05, 4.69) is 51.5 Å². The van der Waals surface area contributed by atoms with Gasteiger partial charge in [-0.2, -0.15) is 0 Å². The highest BCUT2D eigenvalue weighted by Crippen LogP contribution is 2.37. The van der Waals surface area contributed by atoms with Crippen LogP contribution in [-0.2, 0) is 17.8 Å². The SMILES string of the molecule is c1ccc2c(c1)NCC2CCN1COc2c(cc(CN3CCCOCC3)c3cccnc23)C1. The van der Waals surface area contributed by atoms with Crippen LogP contribution in [-0.4, -0.2) is 60.9 Å². The van der Waals surface area contributed by atoms with Crippen LogP contribution < -0.4 is 10.1 Å². The summed E-state index contributed by atoms with van der Waals surface area (Å²) < 4.78 is 12.0. The number of benzene rings is 2. The molecule has 0 radical (unpaired) electrons. The van der Waals surface area contributed by atoms with E-state index in [-0.39, 0.29) is 0 Å². The average molecular weight is 445 g/mol. The summed E-state index contributed by atoms with van der Waals surface area (Å²) in [6, 6.07) is 15.3. The summed E-state index contributed by atoms with van der Waals surface area (Å²) in [5.74, 6) is 1.54. The molecule has 1 unspecified atom stereocenters. The molecule has 1 aromatic heterocycles. The van der Waals surface area contributed by atoms with E-state index in [1.54, 1.807) is 0 Å². The average Bonchev–Trinajstić information content (AvgIpc) is 3.09. The lowest BCUT2D eigenvalue weighted by Crippen LogP contribution is -2.34. The number of aromatic nitrogens is 1. The largest absolute Gasteiger partial charge is 0.475 e. The molecule has 3 aromatic rings. The van der Waals surface area contributed by atoms with Gasteiger partial charge in [0.2, 0.25) is 0 Å². The van der Waals surface area contributed by atoms with Crippen molar-refractivity contribution in [2.45, 2.75) is 31.8 Å². The number of ether oxygens (including phenoxy) is 2. The highest BCUT2D eigenvalue weighted by Gasteiger charge is 2.26. The van der Waals surface area contributed by atoms with Crippen molar-refractivity contribution >= 4 is 16.6 Å². The van der Waals surface area contributed by atoms with Crippen LogP contribution in [0.15, 0.2) is 48.7 Å². The van der Waals surface area contributed by atoms with Crippen molar-refractivity contribution in [2.24, 2.45) is 0 Å². The lowest BCUT2D eigenvalue weighted by molar-refractivity contribution is 0.0940. The predicted octanol–water partition coefficient (Wildman–Crippen LogP) is 4.21. The first-order valence-corrected chi connectivity index (χ1v) is 12.2. The molecule has 1 N–H and O–H groups in total. The molecule has 172 valence electrons. The minimum atomic E-state index is 0.571. The van der Waals surface area contributed by atoms with Crippen molar-refractivity contribution < 1.29 is 9.47 Å². The Bertz CT molecular complexity index is 1130. The smallest absolute Gasteiger partial charge is 0.152 e. The lowest BCUT2D eigenvalue weighted by Gasteiger charge is -2.31. The predicted molar refractivity (Wildman–Crippen MR) is 131 cm³/mol. The van der Waals surface area contributed by atoms with Crippen LogP contribution in [0.5, 0.6) is 5.75 Å². The zero-order valence-corrected chi connectivity index (χ0v) is 19.1. The second-order valence-electron chi connectivity index (χ2n) is 9.45. The number of nitrogens with one attached hydrogen (secondary N) is 1. The van der Waals surface area contributed by atoms with Crippen molar-refractivity contribution in [1.82, 2.24) is 14.8 Å². The van der Waals surface area contributed by atoms with Crippen LogP contribution in [0.25, 0.3) is 10.9 Å². The molecule has 0 spiro atoms. The Morgan fingerprint density at radius 2 is 2.03 bits per heavy atom. The van der Waals surface area contributed by atoms with Crippen LogP contribution in [0.4, 0.5) is 5.69 Å². The minimum absolute atomic E-state index is 0.571. The van der Waals surface area contributed by atoms with Gasteiger partial charge in [-0.25, -0.2) is 0 Å². The molecule has 4 heterocycles. The molecular weight excluding hydrogens is 412 g/mol. The summed E-state index contributed by atoms with van der Waals surface area (Å²) in [4.78, 5) is 9.67. The third-order valence-electron chi connectivity index (χ3n) is 7.24. The minimum Gasteiger partial charge on any atom is -0.475 e. The number of nitrogens with zero attached hydrogens (tertiary/aromatic N) is 3. The van der Waals surface area contributed by atoms with Gasteiger partial charge in [-0.15, -0.1) is 0 Å². The molecule has 2 aromatic carbocycles. The molecule has 3 aliphatic heterocycles. The molecule has 6 rings (SSSR count). The summed E-state index contributed by atoms with van der Waals surface area (Å²) in [6.45, 7) is 8.29. The van der Waals surface area contributed by atoms with Crippen molar-refractivity contribution in [3.63, 3.8) is 0 Å². The highest BCUT2D eigenvalue weighted by atomic mass is 16.5. The molecule has 1 saturated heterocycles. The fraction of sp³-hybridized carbons (Fsp3) is 0.444. The molecule has 1 atom stereocenters. The standard InChI is InChI=1S/C27H32N4O2/c1-2-7-25-23(5-1)20(16-29-25)8-11-31-18-22-15-21(17-30-10-4-13-32-14-12-30)24-6-3-9-28-26(24)27(22)33-19-31/h1-3,5-7,9,15,20,29H,4,8,10-14,16-19H2. The van der Waals surface area contributed by atoms with Gasteiger partial charge in [0.15, 0.2) is 5.75 Å². The fourth-order valence-corrected chi connectivity index (χ4v) is 5.50. The molecule has 0 bridgehead atoms. The Kier molecular flexibility index (Phi) is 5.89. The van der Waals surface area contributed by atoms with Gasteiger partial charge in [0, 0.05) is 74.6 Å². The number of rotatable bonds is 5. The van der Waals surface area contributed by atoms with Gasteiger partial charge in [-0.3, -0.25) is 14.8 Å². The molecule has 0 amide bonds. The van der Waals surface area contributed by atoms with Gasteiger partial charge in [-0.05, 0) is 42.2 Å². The van der Waals surface area contributed by atoms with Crippen molar-refractivity contribution in [2.75, 3.05) is 51.4 Å². The maximum atomic E-state index is 6.31. The van der Waals surface area contributed by atoms with Gasteiger partial charge in [-0.1, -0.05) is 24.3 Å². The van der Waals surface area contributed by atoms with E-state index in [1.807, 2.05) is 12.3 Å². The Morgan fingerprint density at radius 3 is 3.03 bits per heavy atom. The van der Waals surface area contributed by atoms with E-state index in [4.69, 9.17) is 14.5 Å². The highest BCUT2D eigenvalue weighted by molar-refractivity contribution is 5.89. The Morgan fingerprint density at radius 1 is 1.06 bits per heavy atom. The van der Waals surface area contributed by atoms with E-state index in [1.165, 1.54) is 27.8 Å². The van der Waals surface area contributed by atoms with Gasteiger partial charge in [0.1, 0.15) is 12.2 Å². The summed E-state index contributed by atoms with van der Waals surface area (Å²) in [5, 5.41) is 4.76. The van der Waals surface area contributed by atoms with E-state index >= 15 is 0 Å². The van der Waals surface area contributed by atoms with Crippen molar-refractivity contribution in [1.29, 1.82) is 0 Å². The van der Waals surface area contributed by atoms with Crippen LogP contribution in [0, 0.1) is 0 Å². The van der Waals surface area contributed by atoms with Crippen molar-refractivity contribution in [3.8, 4) is 5.75 Å². The molecule has 0 saturated carbocycles. The van der Waals surface area contributed by atoms with Crippen LogP contribution in [0.1, 0.15) is 35.4 Å². The van der Waals surface area contributed by atoms with Gasteiger partial charge in [0.05, 0.1) is 6.61 Å². The first-order valence-electron chi connectivity index (χ1n) is 12.2. The Hall–Kier alpha value is -2.67. The Balaban J connectivity index is 1.20. The lowest BCUT2D eigenvalue weighted by atomic mass is 9.97. The summed E-state index contributed by atoms with van der Waals surface area (Å²) in [6.07, 6.45) is 4.11. The van der Waals surface area contributed by atoms with Gasteiger partial charge in [0.25, 0.3) is 0 Å². The van der Waals surface area contributed by atoms with Gasteiger partial charge < -0.3 is 14.8 Å². The summed E-state index contributed by atoms with van der Waals surface area (Å²) in [7, 11) is 0. The van der Waals surface area contributed by atoms with E-state index in [0.29, 0.717) is 12.6 Å². The molecule has 6 heteroatoms. The molecular formula is C27H32N4O2. The molecule has 3 aliphatic rings. The van der Waals surface area contributed by atoms with E-state index < -0.39 is 0 Å². The number of pyridine rings is 1. The monoisotopic (exact) mass is 444 g/mol. The zero-order valence-electron chi connectivity index (χ0n) is 19.1. The first-order chi connectivity index (χ1) is 16.3. The van der Waals surface area contributed by atoms with Crippen LogP contribution in [0.3, 0.4) is 0 Å². The normalized spacial score (nSPS) is 21.2. The third kappa shape index (κ3) is 4.31. The number of para-hydroxylation sites is 1. The second kappa shape index (κ2) is 9.29. The summed E-state index contributed by atoms with van der Waals surface area (Å²) >= 11 is 0. The zero-order chi connectivity index (χ0) is 22.0. The quantitative estimate of drug-likeness (QED) is 0.636. The maximum Gasteiger partial charge on any atom is 0.152 e. The maximum absolute atomic E-state index is 6.31. The molecule has 0 aliphatic carbocycles. The first kappa shape index (κ1) is 20.9. The number of fused-ring (bicyclic) bond motifs is 4. The Labute approximate surface area is 195 Å². The molecule has 33 heavy (non-hydrogen) atoms. The number of hydrogen-bond donors (Lipinski definition) is 1. The topological polar surface area (TPSA) is 49.9 Å². The fourth-order valence-electron chi connectivity index (χ4n) is 5.50.